The molecule has 3 N–H and O–H groups in total. The van der Waals surface area contributed by atoms with Gasteiger partial charge in [-0.2, -0.15) is 0 Å². The van der Waals surface area contributed by atoms with Crippen molar-refractivity contribution < 1.29 is 37.2 Å². The minimum Gasteiger partial charge on any atom is -0.326 e. The Bertz CT molecular complexity index is 7140. The normalized spacial score (nSPS) is 11.3. The maximum absolute atomic E-state index is 14.9. The Morgan fingerprint density at radius 3 is 0.532 bits per heavy atom. The fourth-order valence-electron chi connectivity index (χ4n) is 18.4. The second kappa shape index (κ2) is 45.7. The van der Waals surface area contributed by atoms with Crippen molar-refractivity contribution in [1.82, 2.24) is 0 Å². The Labute approximate surface area is 818 Å². The number of hydrogen-bond acceptors (Lipinski definition) is 8. The van der Waals surface area contributed by atoms with E-state index in [0.29, 0.717) is 33.0 Å². The van der Waals surface area contributed by atoms with Crippen molar-refractivity contribution in [2.45, 2.75) is 83.1 Å². The summed E-state index contributed by atoms with van der Waals surface area (Å²) < 4.78 is 73.1. The summed E-state index contributed by atoms with van der Waals surface area (Å²) in [5.74, 6) is -0.716. The number of carbonyl (C=O) groups is 3. The quantitative estimate of drug-likeness (QED) is 0.0596. The molecule has 0 saturated carbocycles. The van der Waals surface area contributed by atoms with Gasteiger partial charge in [0.15, 0.2) is 35.7 Å². The maximum Gasteiger partial charge on any atom is 0.221 e. The van der Waals surface area contributed by atoms with Crippen LogP contribution in [0.4, 0.5) is 17.1 Å². The lowest BCUT2D eigenvalue weighted by Gasteiger charge is -2.27. The number of amides is 3. The number of rotatable bonds is 21. The zero-order chi connectivity index (χ0) is 98.4. The second-order valence-electron chi connectivity index (χ2n) is 34.7. The summed E-state index contributed by atoms with van der Waals surface area (Å²) in [5, 5.41) is 20.4. The average molecular weight is 1920 g/mol. The molecular weight excluding hydrogens is 1800 g/mol. The predicted molar refractivity (Wildman–Crippen MR) is 591 cm³/mol. The molecule has 0 aliphatic carbocycles. The van der Waals surface area contributed by atoms with Gasteiger partial charge in [-0.05, 0) is 165 Å². The van der Waals surface area contributed by atoms with E-state index >= 15 is 0 Å². The van der Waals surface area contributed by atoms with E-state index in [9.17, 15) is 37.2 Å². The molecule has 0 heterocycles. The summed E-state index contributed by atoms with van der Waals surface area (Å²) in [6.45, 7) is 23.0. The van der Waals surface area contributed by atoms with Crippen LogP contribution in [0.1, 0.15) is 70.8 Å². The fraction of sp³-hybridized carbons (Fsp3) is 0.0976. The lowest BCUT2D eigenvalue weighted by Crippen LogP contribution is -2.31. The van der Waals surface area contributed by atoms with Gasteiger partial charge >= 0.3 is 0 Å². The van der Waals surface area contributed by atoms with Crippen LogP contribution < -0.4 is 95.5 Å². The summed E-state index contributed by atoms with van der Waals surface area (Å²) in [6.07, 6.45) is 0. The third kappa shape index (κ3) is 23.3. The van der Waals surface area contributed by atoms with Crippen LogP contribution in [-0.2, 0) is 37.2 Å². The molecule has 139 heavy (non-hydrogen) atoms. The van der Waals surface area contributed by atoms with Gasteiger partial charge in [0.25, 0.3) is 0 Å². The van der Waals surface area contributed by atoms with Gasteiger partial charge in [0.05, 0.1) is 0 Å². The highest BCUT2D eigenvalue weighted by atomic mass is 31.2. The van der Waals surface area contributed by atoms with Gasteiger partial charge in [-0.3, -0.25) is 14.4 Å². The van der Waals surface area contributed by atoms with Gasteiger partial charge in [-0.1, -0.05) is 435 Å². The summed E-state index contributed by atoms with van der Waals surface area (Å²) in [7, 11) is -15.2. The Morgan fingerprint density at radius 1 is 0.165 bits per heavy atom. The number of aryl methyl sites for hydroxylation is 9. The number of anilines is 3. The molecule has 18 aromatic carbocycles. The number of benzene rings is 18. The molecule has 0 aliphatic rings. The van der Waals surface area contributed by atoms with E-state index in [1.807, 2.05) is 273 Å². The molecule has 0 aromatic heterocycles. The maximum atomic E-state index is 14.9. The summed E-state index contributed by atoms with van der Waals surface area (Å²) in [6, 6.07) is 148. The van der Waals surface area contributed by atoms with Gasteiger partial charge in [-0.25, -0.2) is 0 Å². The van der Waals surface area contributed by atoms with E-state index in [1.54, 1.807) is 72.8 Å². The van der Waals surface area contributed by atoms with Crippen LogP contribution in [0.2, 0.25) is 0 Å². The zero-order valence-corrected chi connectivity index (χ0v) is 84.8. The Hall–Kier alpha value is -14.5. The Balaban J connectivity index is 0.000000139. The average Bonchev–Trinajstić information content (AvgIpc) is 0.924. The summed E-state index contributed by atoms with van der Waals surface area (Å²) in [5.41, 5.74) is 18.6. The van der Waals surface area contributed by atoms with Crippen LogP contribution in [0.15, 0.2) is 455 Å². The van der Waals surface area contributed by atoms with E-state index in [2.05, 4.69) is 187 Å². The van der Waals surface area contributed by atoms with Crippen molar-refractivity contribution in [3.63, 3.8) is 0 Å². The second-order valence-corrected chi connectivity index (χ2v) is 48.4. The lowest BCUT2D eigenvalue weighted by molar-refractivity contribution is -0.115. The minimum absolute atomic E-state index is 0.239. The van der Waals surface area contributed by atoms with Crippen molar-refractivity contribution in [3.05, 3.63) is 505 Å². The SMILES string of the molecule is CC(=O)Nc1cccc(P(=O)(c2cccc(NC(C)=O)c2)c2cccc(NC(C)=O)c2)c1.Cc1cc(C)c(P(=O)(c2ccccc2)c2c(C)cc(C)cc2C)c(C)c1.Cc1cc(C)c(P(=O)(c2ccccc2)c2ccccc2)c(C)c1.O=P(c1ccccc1)(c1ccc(-c2ccccc2)cc1)c1ccc(-c2ccccc2)cc1.O=P(c1ccccc1)(c1ccccc1)c1ccc(-c2ccccc2)cc1. The highest BCUT2D eigenvalue weighted by Crippen LogP contribution is 2.50. The Kier molecular flexibility index (Phi) is 33.0. The molecule has 0 aliphatic heterocycles. The molecule has 0 atom stereocenters. The van der Waals surface area contributed by atoms with E-state index in [0.717, 1.165) is 130 Å². The third-order valence-corrected chi connectivity index (χ3v) is 40.4. The molecule has 0 spiro atoms. The smallest absolute Gasteiger partial charge is 0.221 e. The third-order valence-electron chi connectivity index (χ3n) is 24.2. The van der Waals surface area contributed by atoms with Gasteiger partial charge < -0.3 is 38.8 Å². The van der Waals surface area contributed by atoms with Crippen LogP contribution in [-0.4, -0.2) is 17.7 Å². The molecule has 0 unspecified atom stereocenters. The summed E-state index contributed by atoms with van der Waals surface area (Å²) >= 11 is 0. The van der Waals surface area contributed by atoms with E-state index in [-0.39, 0.29) is 17.7 Å². The first-order chi connectivity index (χ1) is 67.0. The Morgan fingerprint density at radius 2 is 0.324 bits per heavy atom. The minimum atomic E-state index is -3.44. The van der Waals surface area contributed by atoms with Gasteiger partial charge in [0.1, 0.15) is 0 Å². The van der Waals surface area contributed by atoms with Gasteiger partial charge in [-0.15, -0.1) is 0 Å². The highest BCUT2D eigenvalue weighted by Gasteiger charge is 2.38. The van der Waals surface area contributed by atoms with E-state index < -0.39 is 35.7 Å². The molecule has 694 valence electrons. The molecule has 0 radical (unpaired) electrons. The number of hydrogen-bond donors (Lipinski definition) is 3. The fourth-order valence-corrected chi connectivity index (χ4v) is 33.1. The molecule has 0 bridgehead atoms. The molecular formula is C123H114N3O8P5. The standard InChI is InChI=1S/C30H23OP.C24H24N3O4P.C24H19OP.C24H27OP.C21H21OP/c31-32(28-14-8-3-9-15-28,29-20-16-26(17-21-29)24-10-4-1-5-11-24)30-22-18-27(19-23-30)25-12-6-2-7-13-25;1-16(28)25-19-7-4-10-22(13-19)32(31,23-11-5-8-20(14-23)26-17(2)29)24-12-6-9-21(15-24)27-18(3)30;25-26(22-12-6-2-7-13-22,23-14-8-3-9-15-23)24-18-16-21(17-19-24)20-10-4-1-5-11-20;1-16-12-18(3)23(19(4)13-16)26(25,22-10-8-7-9-11-22)24-20(5)14-17(2)15-21(24)6;1-16-14-17(2)21(18(3)15-16)23(22,19-10-6-4-7-11-19)20-12-8-5-9-13-20/h1-23H;4-15H,1-3H3,(H,25,28)(H,26,29)(H,27,30);1-19H;7-15H,1-6H3;4-15H,1-3H3. The summed E-state index contributed by atoms with van der Waals surface area (Å²) in [4.78, 5) is 34.6. The first-order valence-corrected chi connectivity index (χ1v) is 54.8. The molecule has 3 amide bonds. The zero-order valence-electron chi connectivity index (χ0n) is 80.3. The molecule has 0 fully saturated rings. The molecule has 0 saturated heterocycles. The number of nitrogens with one attached hydrogen (secondary N) is 3. The molecule has 16 heteroatoms. The van der Waals surface area contributed by atoms with Crippen LogP contribution in [0, 0.1) is 62.3 Å². The molecule has 11 nitrogen and oxygen atoms in total. The largest absolute Gasteiger partial charge is 0.326 e. The highest BCUT2D eigenvalue weighted by molar-refractivity contribution is 7.87. The first-order valence-electron chi connectivity index (χ1n) is 46.2. The first kappa shape index (κ1) is 100. The topological polar surface area (TPSA) is 173 Å². The van der Waals surface area contributed by atoms with Gasteiger partial charge in [0, 0.05) is 117 Å². The monoisotopic (exact) mass is 1920 g/mol. The van der Waals surface area contributed by atoms with Crippen LogP contribution >= 0.6 is 35.7 Å². The van der Waals surface area contributed by atoms with Crippen molar-refractivity contribution in [3.8, 4) is 33.4 Å². The van der Waals surface area contributed by atoms with Crippen molar-refractivity contribution in [2.24, 2.45) is 0 Å². The van der Waals surface area contributed by atoms with Crippen LogP contribution in [0.3, 0.4) is 0 Å². The van der Waals surface area contributed by atoms with Crippen molar-refractivity contribution in [2.75, 3.05) is 16.0 Å². The molecule has 18 aromatic rings. The van der Waals surface area contributed by atoms with Crippen LogP contribution in [0.5, 0.6) is 0 Å². The van der Waals surface area contributed by atoms with E-state index in [1.165, 1.54) is 37.5 Å². The predicted octanol–water partition coefficient (Wildman–Crippen LogP) is 24.3. The van der Waals surface area contributed by atoms with Crippen molar-refractivity contribution >= 4 is 150 Å². The lowest BCUT2D eigenvalue weighted by atomic mass is 10.1. The van der Waals surface area contributed by atoms with Crippen LogP contribution in [0.25, 0.3) is 33.4 Å². The number of carbonyl (C=O) groups excluding carboxylic acids is 3. The van der Waals surface area contributed by atoms with Crippen molar-refractivity contribution in [1.29, 1.82) is 0 Å². The van der Waals surface area contributed by atoms with Gasteiger partial charge in [0.2, 0.25) is 17.7 Å². The molecule has 18 rings (SSSR count). The van der Waals surface area contributed by atoms with E-state index in [4.69, 9.17) is 0 Å².